The van der Waals surface area contributed by atoms with Crippen LogP contribution in [0.1, 0.15) is 18.8 Å². The highest BCUT2D eigenvalue weighted by Gasteiger charge is 2.28. The van der Waals surface area contributed by atoms with Crippen molar-refractivity contribution in [3.05, 3.63) is 94.0 Å². The van der Waals surface area contributed by atoms with Gasteiger partial charge in [0.1, 0.15) is 17.3 Å². The molecular formula is C28H27ClN4O4. The Kier molecular flexibility index (Phi) is 7.12. The highest BCUT2D eigenvalue weighted by molar-refractivity contribution is 6.30. The summed E-state index contributed by atoms with van der Waals surface area (Å²) in [4.78, 5) is 35.1. The predicted octanol–water partition coefficient (Wildman–Crippen LogP) is 4.03. The van der Waals surface area contributed by atoms with Crippen LogP contribution in [0.3, 0.4) is 0 Å². The summed E-state index contributed by atoms with van der Waals surface area (Å²) in [6.45, 7) is 4.22. The van der Waals surface area contributed by atoms with Gasteiger partial charge < -0.3 is 14.7 Å². The summed E-state index contributed by atoms with van der Waals surface area (Å²) in [5, 5.41) is 11.6. The minimum atomic E-state index is -0.237. The quantitative estimate of drug-likeness (QED) is 0.414. The lowest BCUT2D eigenvalue weighted by Crippen LogP contribution is -2.51. The van der Waals surface area contributed by atoms with E-state index < -0.39 is 0 Å². The number of nitrogens with zero attached hydrogens (tertiary/aromatic N) is 4. The van der Waals surface area contributed by atoms with Crippen LogP contribution in [0.2, 0.25) is 5.02 Å². The van der Waals surface area contributed by atoms with Gasteiger partial charge in [-0.15, -0.1) is 0 Å². The first-order valence-electron chi connectivity index (χ1n) is 12.1. The van der Waals surface area contributed by atoms with E-state index in [1.54, 1.807) is 65.6 Å². The molecule has 8 nitrogen and oxygen atoms in total. The van der Waals surface area contributed by atoms with E-state index >= 15 is 0 Å². The molecule has 2 heterocycles. The summed E-state index contributed by atoms with van der Waals surface area (Å²) in [6.07, 6.45) is 0. The van der Waals surface area contributed by atoms with E-state index in [4.69, 9.17) is 21.3 Å². The van der Waals surface area contributed by atoms with Crippen LogP contribution in [0.5, 0.6) is 11.5 Å². The standard InChI is InChI=1S/C28H27ClN4O4/c1-19(31-14-16-32(17-15-31)26(35)18-37-21-12-10-20(29)11-13-21)27-30-23-7-3-2-6-22(23)28(36)33(27)24-8-4-5-9-25(24)34/h2-13,19,34H,14-18H2,1H3. The van der Waals surface area contributed by atoms with E-state index in [0.29, 0.717) is 59.4 Å². The molecule has 1 amide bonds. The van der Waals surface area contributed by atoms with Crippen molar-refractivity contribution in [2.45, 2.75) is 13.0 Å². The molecule has 1 fully saturated rings. The number of carbonyl (C=O) groups is 1. The number of aromatic nitrogens is 2. The van der Waals surface area contributed by atoms with Crippen LogP contribution in [0.4, 0.5) is 0 Å². The molecule has 37 heavy (non-hydrogen) atoms. The number of hydrogen-bond donors (Lipinski definition) is 1. The lowest BCUT2D eigenvalue weighted by molar-refractivity contribution is -0.135. The molecule has 1 saturated heterocycles. The van der Waals surface area contributed by atoms with Crippen LogP contribution in [-0.2, 0) is 4.79 Å². The SMILES string of the molecule is CC(c1nc2ccccc2c(=O)n1-c1ccccc1O)N1CCN(C(=O)COc2ccc(Cl)cc2)CC1. The van der Waals surface area contributed by atoms with Crippen molar-refractivity contribution in [3.63, 3.8) is 0 Å². The molecule has 1 aliphatic rings. The predicted molar refractivity (Wildman–Crippen MR) is 143 cm³/mol. The van der Waals surface area contributed by atoms with E-state index in [1.165, 1.54) is 4.57 Å². The Morgan fingerprint density at radius 1 is 1.00 bits per heavy atom. The molecule has 0 aliphatic carbocycles. The van der Waals surface area contributed by atoms with Crippen LogP contribution in [0.15, 0.2) is 77.6 Å². The van der Waals surface area contributed by atoms with Crippen molar-refractivity contribution < 1.29 is 14.6 Å². The zero-order valence-corrected chi connectivity index (χ0v) is 21.1. The average molecular weight is 519 g/mol. The number of piperazine rings is 1. The molecule has 3 aromatic carbocycles. The third kappa shape index (κ3) is 5.16. The molecule has 4 aromatic rings. The van der Waals surface area contributed by atoms with Crippen molar-refractivity contribution in [2.24, 2.45) is 0 Å². The Bertz CT molecular complexity index is 1480. The van der Waals surface area contributed by atoms with Crippen LogP contribution in [0.25, 0.3) is 16.6 Å². The third-order valence-electron chi connectivity index (χ3n) is 6.69. The van der Waals surface area contributed by atoms with Gasteiger partial charge in [-0.2, -0.15) is 0 Å². The molecule has 0 saturated carbocycles. The Morgan fingerprint density at radius 2 is 1.68 bits per heavy atom. The summed E-state index contributed by atoms with van der Waals surface area (Å²) in [5.41, 5.74) is 0.761. The van der Waals surface area contributed by atoms with Crippen molar-refractivity contribution in [1.82, 2.24) is 19.4 Å². The van der Waals surface area contributed by atoms with Crippen molar-refractivity contribution in [2.75, 3.05) is 32.8 Å². The maximum absolute atomic E-state index is 13.6. The van der Waals surface area contributed by atoms with E-state index in [-0.39, 0.29) is 29.9 Å². The van der Waals surface area contributed by atoms with E-state index in [1.807, 2.05) is 19.1 Å². The first-order chi connectivity index (χ1) is 17.9. The molecule has 190 valence electrons. The number of rotatable bonds is 6. The number of ether oxygens (including phenoxy) is 1. The minimum absolute atomic E-state index is 0.00577. The van der Waals surface area contributed by atoms with Gasteiger partial charge in [-0.25, -0.2) is 4.98 Å². The molecule has 1 aromatic heterocycles. The number of benzene rings is 3. The number of fused-ring (bicyclic) bond motifs is 1. The maximum atomic E-state index is 13.6. The van der Waals surface area contributed by atoms with Gasteiger partial charge >= 0.3 is 0 Å². The number of aromatic hydroxyl groups is 1. The second kappa shape index (κ2) is 10.6. The zero-order chi connectivity index (χ0) is 25.9. The summed E-state index contributed by atoms with van der Waals surface area (Å²) in [7, 11) is 0. The normalized spacial score (nSPS) is 15.0. The minimum Gasteiger partial charge on any atom is -0.506 e. The van der Waals surface area contributed by atoms with Crippen molar-refractivity contribution in [1.29, 1.82) is 0 Å². The number of phenols is 1. The third-order valence-corrected chi connectivity index (χ3v) is 6.94. The van der Waals surface area contributed by atoms with Crippen LogP contribution < -0.4 is 10.3 Å². The molecule has 0 radical (unpaired) electrons. The summed E-state index contributed by atoms with van der Waals surface area (Å²) in [6, 6.07) is 20.6. The van der Waals surface area contributed by atoms with E-state index in [2.05, 4.69) is 4.90 Å². The van der Waals surface area contributed by atoms with Gasteiger partial charge in [-0.05, 0) is 55.5 Å². The Morgan fingerprint density at radius 3 is 2.41 bits per heavy atom. The first-order valence-corrected chi connectivity index (χ1v) is 12.5. The van der Waals surface area contributed by atoms with E-state index in [0.717, 1.165) is 0 Å². The Labute approximate surface area is 219 Å². The fourth-order valence-electron chi connectivity index (χ4n) is 4.61. The molecule has 1 unspecified atom stereocenters. The molecule has 1 N–H and O–H groups in total. The largest absolute Gasteiger partial charge is 0.506 e. The fraction of sp³-hybridized carbons (Fsp3) is 0.250. The average Bonchev–Trinajstić information content (AvgIpc) is 2.93. The molecule has 9 heteroatoms. The van der Waals surface area contributed by atoms with Crippen molar-refractivity contribution >= 4 is 28.4 Å². The van der Waals surface area contributed by atoms with Crippen LogP contribution in [-0.4, -0.2) is 63.2 Å². The lowest BCUT2D eigenvalue weighted by Gasteiger charge is -2.38. The van der Waals surface area contributed by atoms with E-state index in [9.17, 15) is 14.7 Å². The topological polar surface area (TPSA) is 87.9 Å². The second-order valence-corrected chi connectivity index (χ2v) is 9.39. The Balaban J connectivity index is 1.34. The van der Waals surface area contributed by atoms with Gasteiger partial charge in [-0.3, -0.25) is 19.1 Å². The number of para-hydroxylation sites is 3. The number of phenolic OH excluding ortho intramolecular Hbond substituents is 1. The molecule has 1 aliphatic heterocycles. The van der Waals surface area contributed by atoms with Gasteiger partial charge in [-0.1, -0.05) is 35.9 Å². The number of hydrogen-bond acceptors (Lipinski definition) is 6. The number of amides is 1. The molecule has 0 spiro atoms. The van der Waals surface area contributed by atoms with Crippen LogP contribution >= 0.6 is 11.6 Å². The van der Waals surface area contributed by atoms with Crippen LogP contribution in [0, 0.1) is 0 Å². The smallest absolute Gasteiger partial charge is 0.266 e. The molecule has 1 atom stereocenters. The summed E-state index contributed by atoms with van der Waals surface area (Å²) >= 11 is 5.90. The van der Waals surface area contributed by atoms with Gasteiger partial charge in [0.25, 0.3) is 11.5 Å². The number of halogens is 1. The summed E-state index contributed by atoms with van der Waals surface area (Å²) < 4.78 is 7.11. The number of carbonyl (C=O) groups excluding carboxylic acids is 1. The van der Waals surface area contributed by atoms with Crippen molar-refractivity contribution in [3.8, 4) is 17.2 Å². The fourth-order valence-corrected chi connectivity index (χ4v) is 4.73. The highest BCUT2D eigenvalue weighted by Crippen LogP contribution is 2.27. The van der Waals surface area contributed by atoms with Gasteiger partial charge in [0.15, 0.2) is 6.61 Å². The van der Waals surface area contributed by atoms with Gasteiger partial charge in [0.05, 0.1) is 22.6 Å². The molecule has 5 rings (SSSR count). The highest BCUT2D eigenvalue weighted by atomic mass is 35.5. The van der Waals surface area contributed by atoms with Gasteiger partial charge in [0, 0.05) is 31.2 Å². The van der Waals surface area contributed by atoms with Gasteiger partial charge in [0.2, 0.25) is 0 Å². The maximum Gasteiger partial charge on any atom is 0.266 e. The lowest BCUT2D eigenvalue weighted by atomic mass is 10.1. The summed E-state index contributed by atoms with van der Waals surface area (Å²) in [5.74, 6) is 1.05. The second-order valence-electron chi connectivity index (χ2n) is 8.95. The zero-order valence-electron chi connectivity index (χ0n) is 20.4. The molecular weight excluding hydrogens is 492 g/mol. The first kappa shape index (κ1) is 24.8. The monoisotopic (exact) mass is 518 g/mol. The molecule has 0 bridgehead atoms. The Hall–Kier alpha value is -3.88.